The van der Waals surface area contributed by atoms with Crippen molar-refractivity contribution < 1.29 is 23.1 Å². The van der Waals surface area contributed by atoms with Crippen molar-refractivity contribution in [2.45, 2.75) is 18.4 Å². The van der Waals surface area contributed by atoms with E-state index in [1.807, 2.05) is 4.72 Å². The van der Waals surface area contributed by atoms with Crippen LogP contribution in [0.5, 0.6) is 0 Å². The fourth-order valence-corrected chi connectivity index (χ4v) is 2.79. The molecule has 8 nitrogen and oxygen atoms in total. The summed E-state index contributed by atoms with van der Waals surface area (Å²) >= 11 is 0. The summed E-state index contributed by atoms with van der Waals surface area (Å²) in [4.78, 5) is 26.6. The molecule has 0 bridgehead atoms. The maximum Gasteiger partial charge on any atom is 0.266 e. The molecule has 1 heterocycles. The number of nitrogens with zero attached hydrogens (tertiary/aromatic N) is 1. The Bertz CT molecular complexity index is 846. The molecule has 0 saturated carbocycles. The molecule has 9 heteroatoms. The second kappa shape index (κ2) is 7.20. The average Bonchev–Trinajstić information content (AvgIpc) is 2.54. The lowest BCUT2D eigenvalue weighted by atomic mass is 10.2. The number of rotatable bonds is 5. The van der Waals surface area contributed by atoms with E-state index in [1.54, 1.807) is 0 Å². The second-order valence-electron chi connectivity index (χ2n) is 4.84. The standard InChI is InChI=1S/C15H15N3O5S/c1-10(20)17-12-4-6-14(7-5-12)24(22,23)18-15(21)11-2-3-13(9-19)16-8-11/h2-8,19H,9H2,1H3,(H,17,20)(H,18,21). The zero-order valence-corrected chi connectivity index (χ0v) is 13.5. The lowest BCUT2D eigenvalue weighted by Gasteiger charge is -2.08. The first kappa shape index (κ1) is 17.6. The van der Waals surface area contributed by atoms with Crippen LogP contribution in [0.3, 0.4) is 0 Å². The lowest BCUT2D eigenvalue weighted by Crippen LogP contribution is -2.30. The molecule has 0 saturated heterocycles. The van der Waals surface area contributed by atoms with Gasteiger partial charge in [-0.15, -0.1) is 0 Å². The van der Waals surface area contributed by atoms with Gasteiger partial charge in [0.15, 0.2) is 0 Å². The molecule has 126 valence electrons. The Morgan fingerprint density at radius 2 is 1.79 bits per heavy atom. The maximum absolute atomic E-state index is 12.2. The highest BCUT2D eigenvalue weighted by Gasteiger charge is 2.19. The highest BCUT2D eigenvalue weighted by Crippen LogP contribution is 2.14. The molecule has 1 aromatic heterocycles. The van der Waals surface area contributed by atoms with Crippen molar-refractivity contribution in [3.05, 3.63) is 53.9 Å². The van der Waals surface area contributed by atoms with Gasteiger partial charge in [-0.1, -0.05) is 0 Å². The Hall–Kier alpha value is -2.78. The van der Waals surface area contributed by atoms with Gasteiger partial charge in [0.1, 0.15) is 0 Å². The number of aromatic nitrogens is 1. The molecule has 1 aromatic carbocycles. The van der Waals surface area contributed by atoms with E-state index in [0.29, 0.717) is 11.4 Å². The quantitative estimate of drug-likeness (QED) is 0.728. The third kappa shape index (κ3) is 4.37. The van der Waals surface area contributed by atoms with Crippen molar-refractivity contribution in [3.8, 4) is 0 Å². The predicted octanol–water partition coefficient (Wildman–Crippen LogP) is 0.651. The lowest BCUT2D eigenvalue weighted by molar-refractivity contribution is -0.114. The van der Waals surface area contributed by atoms with E-state index in [-0.39, 0.29) is 23.0 Å². The topological polar surface area (TPSA) is 125 Å². The molecule has 3 N–H and O–H groups in total. The third-order valence-electron chi connectivity index (χ3n) is 2.96. The van der Waals surface area contributed by atoms with Crippen molar-refractivity contribution in [3.63, 3.8) is 0 Å². The Balaban J connectivity index is 2.14. The summed E-state index contributed by atoms with van der Waals surface area (Å²) < 4.78 is 26.3. The smallest absolute Gasteiger partial charge is 0.266 e. The zero-order valence-electron chi connectivity index (χ0n) is 12.7. The first-order chi connectivity index (χ1) is 11.3. The summed E-state index contributed by atoms with van der Waals surface area (Å²) in [5, 5.41) is 11.4. The normalized spacial score (nSPS) is 10.9. The average molecular weight is 349 g/mol. The Morgan fingerprint density at radius 1 is 1.12 bits per heavy atom. The molecule has 0 fully saturated rings. The number of carbonyl (C=O) groups is 2. The minimum Gasteiger partial charge on any atom is -0.390 e. The van der Waals surface area contributed by atoms with Crippen LogP contribution in [0.25, 0.3) is 0 Å². The van der Waals surface area contributed by atoms with Crippen molar-refractivity contribution in [2.75, 3.05) is 5.32 Å². The molecule has 0 atom stereocenters. The van der Waals surface area contributed by atoms with Gasteiger partial charge in [-0.25, -0.2) is 13.1 Å². The molecule has 0 aliphatic carbocycles. The summed E-state index contributed by atoms with van der Waals surface area (Å²) in [5.41, 5.74) is 0.852. The van der Waals surface area contributed by atoms with Crippen LogP contribution in [-0.4, -0.2) is 30.3 Å². The number of sulfonamides is 1. The van der Waals surface area contributed by atoms with Crippen LogP contribution in [-0.2, 0) is 21.4 Å². The van der Waals surface area contributed by atoms with Crippen molar-refractivity contribution in [1.29, 1.82) is 0 Å². The van der Waals surface area contributed by atoms with Gasteiger partial charge in [0.05, 0.1) is 22.8 Å². The van der Waals surface area contributed by atoms with Gasteiger partial charge in [-0.3, -0.25) is 14.6 Å². The SMILES string of the molecule is CC(=O)Nc1ccc(S(=O)(=O)NC(=O)c2ccc(CO)nc2)cc1. The van der Waals surface area contributed by atoms with Crippen LogP contribution in [0.4, 0.5) is 5.69 Å². The van der Waals surface area contributed by atoms with E-state index in [4.69, 9.17) is 5.11 Å². The highest BCUT2D eigenvalue weighted by atomic mass is 32.2. The van der Waals surface area contributed by atoms with Crippen LogP contribution in [0.15, 0.2) is 47.5 Å². The van der Waals surface area contributed by atoms with E-state index in [1.165, 1.54) is 49.5 Å². The number of carbonyl (C=O) groups excluding carboxylic acids is 2. The molecule has 0 radical (unpaired) electrons. The van der Waals surface area contributed by atoms with E-state index >= 15 is 0 Å². The number of nitrogens with one attached hydrogen (secondary N) is 2. The minimum absolute atomic E-state index is 0.0469. The fraction of sp³-hybridized carbons (Fsp3) is 0.133. The van der Waals surface area contributed by atoms with Gasteiger partial charge in [0.2, 0.25) is 5.91 Å². The Labute approximate surface area is 138 Å². The van der Waals surface area contributed by atoms with Gasteiger partial charge in [-0.2, -0.15) is 0 Å². The molecule has 2 amide bonds. The number of hydrogen-bond acceptors (Lipinski definition) is 6. The predicted molar refractivity (Wildman–Crippen MR) is 85.6 cm³/mol. The number of benzene rings is 1. The van der Waals surface area contributed by atoms with E-state index in [2.05, 4.69) is 10.3 Å². The molecular weight excluding hydrogens is 334 g/mol. The number of pyridine rings is 1. The van der Waals surface area contributed by atoms with Gasteiger partial charge in [-0.05, 0) is 36.4 Å². The highest BCUT2D eigenvalue weighted by molar-refractivity contribution is 7.90. The van der Waals surface area contributed by atoms with E-state index < -0.39 is 15.9 Å². The summed E-state index contributed by atoms with van der Waals surface area (Å²) in [6.07, 6.45) is 1.18. The molecular formula is C15H15N3O5S. The van der Waals surface area contributed by atoms with E-state index in [0.717, 1.165) is 0 Å². The molecule has 0 aliphatic rings. The maximum atomic E-state index is 12.2. The Morgan fingerprint density at radius 3 is 2.29 bits per heavy atom. The number of anilines is 1. The zero-order chi connectivity index (χ0) is 17.7. The van der Waals surface area contributed by atoms with Crippen molar-refractivity contribution in [1.82, 2.24) is 9.71 Å². The summed E-state index contributed by atoms with van der Waals surface area (Å²) in [6, 6.07) is 8.16. The van der Waals surface area contributed by atoms with Gasteiger partial charge >= 0.3 is 0 Å². The molecule has 2 aromatic rings. The first-order valence-corrected chi connectivity index (χ1v) is 8.31. The van der Waals surface area contributed by atoms with Gasteiger partial charge in [0, 0.05) is 18.8 Å². The number of aliphatic hydroxyl groups is 1. The van der Waals surface area contributed by atoms with Gasteiger partial charge < -0.3 is 10.4 Å². The van der Waals surface area contributed by atoms with Crippen LogP contribution >= 0.6 is 0 Å². The summed E-state index contributed by atoms with van der Waals surface area (Å²) in [7, 11) is -4.06. The molecule has 0 spiro atoms. The van der Waals surface area contributed by atoms with Gasteiger partial charge in [0.25, 0.3) is 15.9 Å². The number of hydrogen-bond donors (Lipinski definition) is 3. The van der Waals surface area contributed by atoms with Crippen LogP contribution in [0.2, 0.25) is 0 Å². The van der Waals surface area contributed by atoms with Crippen LogP contribution < -0.4 is 10.0 Å². The van der Waals surface area contributed by atoms with Crippen molar-refractivity contribution >= 4 is 27.5 Å². The molecule has 24 heavy (non-hydrogen) atoms. The largest absolute Gasteiger partial charge is 0.390 e. The summed E-state index contributed by atoms with van der Waals surface area (Å²) in [6.45, 7) is 1.06. The van der Waals surface area contributed by atoms with Crippen LogP contribution in [0.1, 0.15) is 23.0 Å². The Kier molecular flexibility index (Phi) is 5.27. The van der Waals surface area contributed by atoms with Crippen molar-refractivity contribution in [2.24, 2.45) is 0 Å². The number of aliphatic hydroxyl groups excluding tert-OH is 1. The monoisotopic (exact) mass is 349 g/mol. The molecule has 2 rings (SSSR count). The second-order valence-corrected chi connectivity index (χ2v) is 6.52. The molecule has 0 aliphatic heterocycles. The fourth-order valence-electron chi connectivity index (χ4n) is 1.81. The molecule has 0 unspecified atom stereocenters. The first-order valence-electron chi connectivity index (χ1n) is 6.82. The van der Waals surface area contributed by atoms with E-state index in [9.17, 15) is 18.0 Å². The third-order valence-corrected chi connectivity index (χ3v) is 4.31. The summed E-state index contributed by atoms with van der Waals surface area (Å²) in [5.74, 6) is -1.12. The van der Waals surface area contributed by atoms with Crippen LogP contribution in [0, 0.1) is 0 Å². The minimum atomic E-state index is -4.06. The number of amides is 2.